The van der Waals surface area contributed by atoms with Crippen LogP contribution in [0, 0.1) is 0 Å². The highest BCUT2D eigenvalue weighted by atomic mass is 16.5. The summed E-state index contributed by atoms with van der Waals surface area (Å²) in [6.45, 7) is 15.3. The van der Waals surface area contributed by atoms with Crippen LogP contribution in [0.25, 0.3) is 0 Å². The van der Waals surface area contributed by atoms with E-state index in [0.29, 0.717) is 24.6 Å². The van der Waals surface area contributed by atoms with Crippen molar-refractivity contribution in [3.05, 3.63) is 59.7 Å². The van der Waals surface area contributed by atoms with Crippen LogP contribution in [-0.4, -0.2) is 80.1 Å². The minimum Gasteiger partial charge on any atom is -0.462 e. The zero-order valence-corrected chi connectivity index (χ0v) is 23.5. The number of piperazine rings is 1. The lowest BCUT2D eigenvalue weighted by molar-refractivity contribution is -0.132. The standard InChI is InChI=1S/C31H44N4O3/c1-5-38-30(37)24-6-10-26(11-7-24)32-27-14-18-35(19-15-27)29(36)16-17-33-20-22-34(23-21-33)28-12-8-25(9-13-28)31(2,3)4/h6-13,27,32H,5,14-23H2,1-4H3. The number of nitrogens with one attached hydrogen (secondary N) is 1. The van der Waals surface area contributed by atoms with Crippen molar-refractivity contribution in [2.75, 3.05) is 62.6 Å². The first-order valence-electron chi connectivity index (χ1n) is 14.1. The minimum atomic E-state index is -0.293. The van der Waals surface area contributed by atoms with E-state index in [0.717, 1.165) is 64.3 Å². The molecule has 2 heterocycles. The number of rotatable bonds is 8. The van der Waals surface area contributed by atoms with Gasteiger partial charge in [0.15, 0.2) is 0 Å². The second-order valence-corrected chi connectivity index (χ2v) is 11.5. The lowest BCUT2D eigenvalue weighted by Crippen LogP contribution is -2.48. The number of hydrogen-bond acceptors (Lipinski definition) is 6. The van der Waals surface area contributed by atoms with Gasteiger partial charge in [-0.3, -0.25) is 9.69 Å². The third kappa shape index (κ3) is 7.50. The maximum Gasteiger partial charge on any atom is 0.338 e. The molecule has 0 spiro atoms. The molecule has 0 aliphatic carbocycles. The Bertz CT molecular complexity index is 1050. The second-order valence-electron chi connectivity index (χ2n) is 11.5. The number of piperidine rings is 1. The quantitative estimate of drug-likeness (QED) is 0.506. The molecule has 2 saturated heterocycles. The number of benzene rings is 2. The van der Waals surface area contributed by atoms with Gasteiger partial charge >= 0.3 is 5.97 Å². The Balaban J connectivity index is 1.14. The molecule has 0 saturated carbocycles. The summed E-state index contributed by atoms with van der Waals surface area (Å²) in [4.78, 5) is 31.6. The third-order valence-corrected chi connectivity index (χ3v) is 7.73. The van der Waals surface area contributed by atoms with Crippen molar-refractivity contribution in [1.82, 2.24) is 9.80 Å². The van der Waals surface area contributed by atoms with Gasteiger partial charge in [0.25, 0.3) is 0 Å². The highest BCUT2D eigenvalue weighted by Crippen LogP contribution is 2.25. The van der Waals surface area contributed by atoms with Gasteiger partial charge in [-0.05, 0) is 67.1 Å². The van der Waals surface area contributed by atoms with Crippen LogP contribution in [0.1, 0.15) is 62.9 Å². The average Bonchev–Trinajstić information content (AvgIpc) is 2.92. The van der Waals surface area contributed by atoms with Gasteiger partial charge in [-0.1, -0.05) is 32.9 Å². The Kier molecular flexibility index (Phi) is 9.31. The molecule has 0 atom stereocenters. The largest absolute Gasteiger partial charge is 0.462 e. The predicted octanol–water partition coefficient (Wildman–Crippen LogP) is 4.78. The summed E-state index contributed by atoms with van der Waals surface area (Å²) in [5.41, 5.74) is 4.39. The zero-order valence-electron chi connectivity index (χ0n) is 23.5. The number of likely N-dealkylation sites (tertiary alicyclic amines) is 1. The Morgan fingerprint density at radius 3 is 2.11 bits per heavy atom. The van der Waals surface area contributed by atoms with Gasteiger partial charge in [0.05, 0.1) is 12.2 Å². The normalized spacial score (nSPS) is 17.4. The fourth-order valence-electron chi connectivity index (χ4n) is 5.24. The second kappa shape index (κ2) is 12.7. The number of carbonyl (C=O) groups is 2. The lowest BCUT2D eigenvalue weighted by Gasteiger charge is -2.37. The molecule has 1 N–H and O–H groups in total. The van der Waals surface area contributed by atoms with Crippen molar-refractivity contribution in [2.24, 2.45) is 0 Å². The van der Waals surface area contributed by atoms with Crippen molar-refractivity contribution in [3.63, 3.8) is 0 Å². The highest BCUT2D eigenvalue weighted by molar-refractivity contribution is 5.89. The van der Waals surface area contributed by atoms with Crippen LogP contribution < -0.4 is 10.2 Å². The molecule has 38 heavy (non-hydrogen) atoms. The van der Waals surface area contributed by atoms with Crippen molar-refractivity contribution in [2.45, 2.75) is 58.4 Å². The van der Waals surface area contributed by atoms with Crippen LogP contribution in [0.5, 0.6) is 0 Å². The molecule has 2 aromatic carbocycles. The minimum absolute atomic E-state index is 0.175. The topological polar surface area (TPSA) is 65.1 Å². The van der Waals surface area contributed by atoms with E-state index in [1.807, 2.05) is 17.0 Å². The Labute approximate surface area is 228 Å². The van der Waals surface area contributed by atoms with Crippen LogP contribution in [-0.2, 0) is 14.9 Å². The van der Waals surface area contributed by atoms with E-state index in [9.17, 15) is 9.59 Å². The van der Waals surface area contributed by atoms with Gasteiger partial charge in [0, 0.05) is 69.7 Å². The van der Waals surface area contributed by atoms with Crippen LogP contribution in [0.4, 0.5) is 11.4 Å². The van der Waals surface area contributed by atoms with E-state index in [4.69, 9.17) is 4.74 Å². The number of carbonyl (C=O) groups excluding carboxylic acids is 2. The molecular weight excluding hydrogens is 476 g/mol. The zero-order chi connectivity index (χ0) is 27.1. The molecular formula is C31H44N4O3. The van der Waals surface area contributed by atoms with Crippen LogP contribution in [0.15, 0.2) is 48.5 Å². The van der Waals surface area contributed by atoms with E-state index in [1.165, 1.54) is 11.3 Å². The molecule has 2 fully saturated rings. The average molecular weight is 521 g/mol. The summed E-state index contributed by atoms with van der Waals surface area (Å²) in [5.74, 6) is -0.0268. The summed E-state index contributed by atoms with van der Waals surface area (Å²) in [6, 6.07) is 16.8. The summed E-state index contributed by atoms with van der Waals surface area (Å²) in [6.07, 6.45) is 2.45. The van der Waals surface area contributed by atoms with E-state index < -0.39 is 0 Å². The van der Waals surface area contributed by atoms with E-state index >= 15 is 0 Å². The first-order chi connectivity index (χ1) is 18.2. The Morgan fingerprint density at radius 1 is 0.895 bits per heavy atom. The number of nitrogens with zero attached hydrogens (tertiary/aromatic N) is 3. The van der Waals surface area contributed by atoms with E-state index in [2.05, 4.69) is 60.2 Å². The molecule has 0 bridgehead atoms. The number of ether oxygens (including phenoxy) is 1. The first kappa shape index (κ1) is 28.0. The van der Waals surface area contributed by atoms with E-state index in [1.54, 1.807) is 19.1 Å². The van der Waals surface area contributed by atoms with Gasteiger partial charge in [-0.15, -0.1) is 0 Å². The summed E-state index contributed by atoms with van der Waals surface area (Å²) in [7, 11) is 0. The Hall–Kier alpha value is -3.06. The maximum atomic E-state index is 12.9. The molecule has 2 aromatic rings. The fourth-order valence-corrected chi connectivity index (χ4v) is 5.24. The molecule has 206 valence electrons. The van der Waals surface area contributed by atoms with Gasteiger partial charge in [0.1, 0.15) is 0 Å². The summed E-state index contributed by atoms with van der Waals surface area (Å²) in [5, 5.41) is 3.55. The van der Waals surface area contributed by atoms with Crippen molar-refractivity contribution in [3.8, 4) is 0 Å². The number of esters is 1. The van der Waals surface area contributed by atoms with Gasteiger partial charge in [-0.25, -0.2) is 4.79 Å². The van der Waals surface area contributed by atoms with Crippen molar-refractivity contribution < 1.29 is 14.3 Å². The van der Waals surface area contributed by atoms with Crippen LogP contribution in [0.2, 0.25) is 0 Å². The smallest absolute Gasteiger partial charge is 0.338 e. The Morgan fingerprint density at radius 2 is 1.53 bits per heavy atom. The maximum absolute atomic E-state index is 12.9. The number of anilines is 2. The molecule has 0 radical (unpaired) electrons. The fraction of sp³-hybridized carbons (Fsp3) is 0.548. The molecule has 2 aliphatic heterocycles. The predicted molar refractivity (Wildman–Crippen MR) is 154 cm³/mol. The molecule has 0 aromatic heterocycles. The molecule has 7 heteroatoms. The highest BCUT2D eigenvalue weighted by Gasteiger charge is 2.24. The van der Waals surface area contributed by atoms with Crippen molar-refractivity contribution >= 4 is 23.3 Å². The summed E-state index contributed by atoms with van der Waals surface area (Å²) < 4.78 is 5.04. The van der Waals surface area contributed by atoms with Crippen molar-refractivity contribution in [1.29, 1.82) is 0 Å². The molecule has 0 unspecified atom stereocenters. The number of hydrogen-bond donors (Lipinski definition) is 1. The summed E-state index contributed by atoms with van der Waals surface area (Å²) >= 11 is 0. The lowest BCUT2D eigenvalue weighted by atomic mass is 9.87. The first-order valence-corrected chi connectivity index (χ1v) is 14.1. The van der Waals surface area contributed by atoms with Gasteiger partial charge < -0.3 is 19.9 Å². The van der Waals surface area contributed by atoms with Gasteiger partial charge in [-0.2, -0.15) is 0 Å². The van der Waals surface area contributed by atoms with Crippen LogP contribution in [0.3, 0.4) is 0 Å². The van der Waals surface area contributed by atoms with Gasteiger partial charge in [0.2, 0.25) is 5.91 Å². The van der Waals surface area contributed by atoms with E-state index in [-0.39, 0.29) is 17.3 Å². The monoisotopic (exact) mass is 520 g/mol. The SMILES string of the molecule is CCOC(=O)c1ccc(NC2CCN(C(=O)CCN3CCN(c4ccc(C(C)(C)C)cc4)CC3)CC2)cc1. The molecule has 2 aliphatic rings. The number of amides is 1. The molecule has 4 rings (SSSR count). The molecule has 7 nitrogen and oxygen atoms in total. The molecule has 1 amide bonds. The van der Waals surface area contributed by atoms with Crippen LogP contribution >= 0.6 is 0 Å². The third-order valence-electron chi connectivity index (χ3n) is 7.73.